The number of H-pyrrole nitrogens is 2. The summed E-state index contributed by atoms with van der Waals surface area (Å²) in [6.07, 6.45) is 0. The van der Waals surface area contributed by atoms with E-state index in [4.69, 9.17) is 4.74 Å². The number of benzene rings is 1. The van der Waals surface area contributed by atoms with Gasteiger partial charge in [0.1, 0.15) is 5.75 Å². The maximum Gasteiger partial charge on any atom is 0.323 e. The summed E-state index contributed by atoms with van der Waals surface area (Å²) in [7, 11) is 1.62. The summed E-state index contributed by atoms with van der Waals surface area (Å²) in [5.41, 5.74) is 2.38. The van der Waals surface area contributed by atoms with E-state index in [9.17, 15) is 4.79 Å². The van der Waals surface area contributed by atoms with Gasteiger partial charge in [-0.1, -0.05) is 12.1 Å². The first-order valence-electron chi connectivity index (χ1n) is 4.64. The monoisotopic (exact) mass is 204 g/mol. The van der Waals surface area contributed by atoms with Gasteiger partial charge in [0.15, 0.2) is 0 Å². The summed E-state index contributed by atoms with van der Waals surface area (Å²) >= 11 is 0. The molecule has 0 aliphatic carbocycles. The van der Waals surface area contributed by atoms with E-state index in [0.29, 0.717) is 0 Å². The lowest BCUT2D eigenvalue weighted by Crippen LogP contribution is -2.00. The van der Waals surface area contributed by atoms with Crippen LogP contribution in [-0.4, -0.2) is 17.1 Å². The number of hydrogen-bond donors (Lipinski definition) is 2. The van der Waals surface area contributed by atoms with E-state index in [-0.39, 0.29) is 5.69 Å². The van der Waals surface area contributed by atoms with Crippen molar-refractivity contribution < 1.29 is 4.74 Å². The van der Waals surface area contributed by atoms with Gasteiger partial charge in [0, 0.05) is 11.3 Å². The lowest BCUT2D eigenvalue weighted by Gasteiger charge is -2.02. The standard InChI is InChI=1S/C11H12N2O2/c1-7-10(13-11(14)12-7)8-4-3-5-9(6-8)15-2/h3-6H,1-2H3,(H2,12,13,14). The molecule has 0 amide bonds. The van der Waals surface area contributed by atoms with E-state index < -0.39 is 0 Å². The highest BCUT2D eigenvalue weighted by atomic mass is 16.5. The Hall–Kier alpha value is -1.97. The van der Waals surface area contributed by atoms with Crippen LogP contribution in [0, 0.1) is 6.92 Å². The van der Waals surface area contributed by atoms with Crippen LogP contribution in [0.3, 0.4) is 0 Å². The number of rotatable bonds is 2. The van der Waals surface area contributed by atoms with Gasteiger partial charge in [0.05, 0.1) is 12.8 Å². The predicted octanol–water partition coefficient (Wildman–Crippen LogP) is 1.69. The Morgan fingerprint density at radius 1 is 1.27 bits per heavy atom. The third-order valence-electron chi connectivity index (χ3n) is 2.27. The molecule has 2 N–H and O–H groups in total. The quantitative estimate of drug-likeness (QED) is 0.782. The molecule has 0 saturated carbocycles. The first-order chi connectivity index (χ1) is 7.20. The Bertz CT molecular complexity index is 525. The fraction of sp³-hybridized carbons (Fsp3) is 0.182. The van der Waals surface area contributed by atoms with Crippen LogP contribution in [0.1, 0.15) is 5.69 Å². The Morgan fingerprint density at radius 2 is 2.07 bits per heavy atom. The number of hydrogen-bond acceptors (Lipinski definition) is 2. The van der Waals surface area contributed by atoms with Crippen LogP contribution in [0.4, 0.5) is 0 Å². The second kappa shape index (κ2) is 3.65. The first-order valence-corrected chi connectivity index (χ1v) is 4.64. The summed E-state index contributed by atoms with van der Waals surface area (Å²) in [5, 5.41) is 0. The summed E-state index contributed by atoms with van der Waals surface area (Å²) in [6.45, 7) is 1.85. The minimum Gasteiger partial charge on any atom is -0.497 e. The second-order valence-corrected chi connectivity index (χ2v) is 3.31. The predicted molar refractivity (Wildman–Crippen MR) is 58.1 cm³/mol. The maximum atomic E-state index is 11.1. The number of aryl methyl sites for hydroxylation is 1. The van der Waals surface area contributed by atoms with E-state index in [1.165, 1.54) is 0 Å². The van der Waals surface area contributed by atoms with E-state index in [1.54, 1.807) is 7.11 Å². The Morgan fingerprint density at radius 3 is 2.67 bits per heavy atom. The largest absolute Gasteiger partial charge is 0.497 e. The van der Waals surface area contributed by atoms with Crippen molar-refractivity contribution in [3.63, 3.8) is 0 Å². The zero-order chi connectivity index (χ0) is 10.8. The lowest BCUT2D eigenvalue weighted by molar-refractivity contribution is 0.415. The lowest BCUT2D eigenvalue weighted by atomic mass is 10.1. The fourth-order valence-electron chi connectivity index (χ4n) is 1.54. The number of methoxy groups -OCH3 is 1. The van der Waals surface area contributed by atoms with Crippen LogP contribution < -0.4 is 10.4 Å². The Kier molecular flexibility index (Phi) is 2.33. The molecule has 2 aromatic rings. The average molecular weight is 204 g/mol. The molecule has 0 spiro atoms. The third-order valence-corrected chi connectivity index (χ3v) is 2.27. The zero-order valence-corrected chi connectivity index (χ0v) is 8.63. The van der Waals surface area contributed by atoms with E-state index in [2.05, 4.69) is 9.97 Å². The first kappa shape index (κ1) is 9.58. The highest BCUT2D eigenvalue weighted by molar-refractivity contribution is 5.63. The van der Waals surface area contributed by atoms with Crippen molar-refractivity contribution in [3.8, 4) is 17.0 Å². The molecule has 0 saturated heterocycles. The van der Waals surface area contributed by atoms with Crippen molar-refractivity contribution in [2.75, 3.05) is 7.11 Å². The Labute approximate surface area is 86.9 Å². The average Bonchev–Trinajstić information content (AvgIpc) is 2.58. The zero-order valence-electron chi connectivity index (χ0n) is 8.63. The topological polar surface area (TPSA) is 57.9 Å². The number of aromatic amines is 2. The molecular formula is C11H12N2O2. The molecule has 78 valence electrons. The molecule has 4 heteroatoms. The molecule has 0 fully saturated rings. The minimum absolute atomic E-state index is 0.190. The fourth-order valence-corrected chi connectivity index (χ4v) is 1.54. The van der Waals surface area contributed by atoms with Crippen molar-refractivity contribution in [1.29, 1.82) is 0 Å². The van der Waals surface area contributed by atoms with Crippen LogP contribution in [0.5, 0.6) is 5.75 Å². The van der Waals surface area contributed by atoms with E-state index in [0.717, 1.165) is 22.7 Å². The molecule has 0 bridgehead atoms. The van der Waals surface area contributed by atoms with Gasteiger partial charge >= 0.3 is 5.69 Å². The van der Waals surface area contributed by atoms with Gasteiger partial charge < -0.3 is 14.7 Å². The molecular weight excluding hydrogens is 192 g/mol. The van der Waals surface area contributed by atoms with Crippen molar-refractivity contribution in [2.24, 2.45) is 0 Å². The molecule has 15 heavy (non-hydrogen) atoms. The number of imidazole rings is 1. The van der Waals surface area contributed by atoms with Gasteiger partial charge in [0.25, 0.3) is 0 Å². The number of ether oxygens (including phenoxy) is 1. The summed E-state index contributed by atoms with van der Waals surface area (Å²) < 4.78 is 5.12. The van der Waals surface area contributed by atoms with Crippen LogP contribution in [0.25, 0.3) is 11.3 Å². The SMILES string of the molecule is COc1cccc(-c2[nH]c(=O)[nH]c2C)c1. The van der Waals surface area contributed by atoms with Gasteiger partial charge in [-0.25, -0.2) is 4.79 Å². The van der Waals surface area contributed by atoms with Crippen molar-refractivity contribution in [3.05, 3.63) is 40.4 Å². The molecule has 1 heterocycles. The highest BCUT2D eigenvalue weighted by Crippen LogP contribution is 2.22. The highest BCUT2D eigenvalue weighted by Gasteiger charge is 2.05. The molecule has 0 atom stereocenters. The normalized spacial score (nSPS) is 10.3. The summed E-state index contributed by atoms with van der Waals surface area (Å²) in [4.78, 5) is 16.5. The molecule has 0 unspecified atom stereocenters. The van der Waals surface area contributed by atoms with Crippen LogP contribution in [0.15, 0.2) is 29.1 Å². The van der Waals surface area contributed by atoms with E-state index >= 15 is 0 Å². The van der Waals surface area contributed by atoms with Gasteiger partial charge in [-0.15, -0.1) is 0 Å². The third kappa shape index (κ3) is 1.79. The summed E-state index contributed by atoms with van der Waals surface area (Å²) in [5.74, 6) is 0.772. The Balaban J connectivity index is 2.53. The second-order valence-electron chi connectivity index (χ2n) is 3.31. The van der Waals surface area contributed by atoms with Gasteiger partial charge in [0.2, 0.25) is 0 Å². The van der Waals surface area contributed by atoms with Crippen LogP contribution in [0.2, 0.25) is 0 Å². The van der Waals surface area contributed by atoms with E-state index in [1.807, 2.05) is 31.2 Å². The van der Waals surface area contributed by atoms with Crippen molar-refractivity contribution in [2.45, 2.75) is 6.92 Å². The maximum absolute atomic E-state index is 11.1. The number of aromatic nitrogens is 2. The van der Waals surface area contributed by atoms with Crippen LogP contribution >= 0.6 is 0 Å². The molecule has 1 aromatic carbocycles. The van der Waals surface area contributed by atoms with Gasteiger partial charge in [-0.2, -0.15) is 0 Å². The minimum atomic E-state index is -0.190. The summed E-state index contributed by atoms with van der Waals surface area (Å²) in [6, 6.07) is 7.56. The molecule has 0 aliphatic heterocycles. The smallest absolute Gasteiger partial charge is 0.323 e. The molecule has 0 aliphatic rings. The van der Waals surface area contributed by atoms with Crippen molar-refractivity contribution in [1.82, 2.24) is 9.97 Å². The molecule has 0 radical (unpaired) electrons. The molecule has 1 aromatic heterocycles. The molecule has 2 rings (SSSR count). The van der Waals surface area contributed by atoms with Gasteiger partial charge in [-0.05, 0) is 19.1 Å². The van der Waals surface area contributed by atoms with Crippen LogP contribution in [-0.2, 0) is 0 Å². The molecule has 4 nitrogen and oxygen atoms in total. The number of nitrogens with one attached hydrogen (secondary N) is 2. The van der Waals surface area contributed by atoms with Gasteiger partial charge in [-0.3, -0.25) is 0 Å². The van der Waals surface area contributed by atoms with Crippen molar-refractivity contribution >= 4 is 0 Å².